The van der Waals surface area contributed by atoms with Gasteiger partial charge in [-0.1, -0.05) is 16.8 Å². The van der Waals surface area contributed by atoms with Gasteiger partial charge in [0.2, 0.25) is 5.89 Å². The topological polar surface area (TPSA) is 136 Å². The highest BCUT2D eigenvalue weighted by Gasteiger charge is 2.73. The largest absolute Gasteiger partial charge is 0.476 e. The smallest absolute Gasteiger partial charge is 0.356 e. The summed E-state index contributed by atoms with van der Waals surface area (Å²) in [5, 5.41) is 16.8. The molecule has 2 bridgehead atoms. The van der Waals surface area contributed by atoms with Gasteiger partial charge in [-0.25, -0.2) is 19.2 Å². The second-order valence-electron chi connectivity index (χ2n) is 11.2. The Balaban J connectivity index is 1.25. The Morgan fingerprint density at radius 1 is 1.23 bits per heavy atom. The summed E-state index contributed by atoms with van der Waals surface area (Å²) < 4.78 is 21.6. The average Bonchev–Trinajstić information content (AvgIpc) is 3.59. The quantitative estimate of drug-likeness (QED) is 0.314. The van der Waals surface area contributed by atoms with E-state index in [2.05, 4.69) is 20.4 Å². The highest BCUT2D eigenvalue weighted by molar-refractivity contribution is 6.29. The van der Waals surface area contributed by atoms with Gasteiger partial charge in [-0.15, -0.1) is 0 Å². The lowest BCUT2D eigenvalue weighted by molar-refractivity contribution is -0.0921. The lowest BCUT2D eigenvalue weighted by Gasteiger charge is -2.68. The van der Waals surface area contributed by atoms with Crippen LogP contribution < -0.4 is 10.9 Å². The first-order chi connectivity index (χ1) is 18.6. The molecule has 0 aromatic carbocycles. The van der Waals surface area contributed by atoms with Gasteiger partial charge in [-0.2, -0.15) is 4.98 Å². The molecule has 39 heavy (non-hydrogen) atoms. The Morgan fingerprint density at radius 2 is 1.97 bits per heavy atom. The second kappa shape index (κ2) is 8.08. The Morgan fingerprint density at radius 3 is 2.67 bits per heavy atom. The molecule has 4 saturated carbocycles. The molecule has 200 valence electrons. The van der Waals surface area contributed by atoms with Gasteiger partial charge in [-0.3, -0.25) is 9.20 Å². The zero-order valence-corrected chi connectivity index (χ0v) is 21.9. The van der Waals surface area contributed by atoms with Crippen molar-refractivity contribution in [2.45, 2.75) is 68.7 Å². The molecule has 0 spiro atoms. The number of nitrogens with zero attached hydrogens (tertiary/aromatic N) is 5. The molecule has 0 amide bonds. The van der Waals surface area contributed by atoms with Crippen LogP contribution in [-0.4, -0.2) is 35.6 Å². The molecule has 4 aliphatic carbocycles. The third-order valence-corrected chi connectivity index (χ3v) is 8.63. The van der Waals surface area contributed by atoms with E-state index < -0.39 is 17.8 Å². The highest BCUT2D eigenvalue weighted by Crippen LogP contribution is 2.73. The number of aromatic nitrogens is 5. The van der Waals surface area contributed by atoms with E-state index in [9.17, 15) is 19.1 Å². The number of nitrogens with one attached hydrogen (secondary N) is 1. The molecule has 4 aromatic heterocycles. The molecule has 4 heterocycles. The zero-order valence-electron chi connectivity index (χ0n) is 21.2. The Labute approximate surface area is 226 Å². The number of hydrogen-bond donors (Lipinski definition) is 2. The summed E-state index contributed by atoms with van der Waals surface area (Å²) in [4.78, 5) is 38.7. The van der Waals surface area contributed by atoms with E-state index in [4.69, 9.17) is 21.1 Å². The Hall–Kier alpha value is -3.86. The summed E-state index contributed by atoms with van der Waals surface area (Å²) >= 11 is 5.88. The van der Waals surface area contributed by atoms with Crippen LogP contribution in [0, 0.1) is 12.7 Å². The van der Waals surface area contributed by atoms with Crippen LogP contribution in [0.4, 0.5) is 10.1 Å². The average molecular weight is 551 g/mol. The van der Waals surface area contributed by atoms with Crippen LogP contribution in [0.3, 0.4) is 0 Å². The van der Waals surface area contributed by atoms with Crippen LogP contribution in [0.5, 0.6) is 0 Å². The number of halogens is 2. The zero-order chi connectivity index (χ0) is 27.3. The Kier molecular flexibility index (Phi) is 5.01. The maximum Gasteiger partial charge on any atom is 0.356 e. The summed E-state index contributed by atoms with van der Waals surface area (Å²) in [6.45, 7) is 3.47. The molecule has 4 aliphatic rings. The number of hydrogen-bond acceptors (Lipinski definition) is 8. The molecule has 0 aliphatic heterocycles. The van der Waals surface area contributed by atoms with E-state index in [-0.39, 0.29) is 32.9 Å². The molecule has 0 radical (unpaired) electrons. The molecule has 0 unspecified atom stereocenters. The predicted octanol–water partition coefficient (Wildman–Crippen LogP) is 4.70. The normalized spacial score (nSPS) is 24.2. The lowest BCUT2D eigenvalue weighted by atomic mass is 9.34. The van der Waals surface area contributed by atoms with Crippen LogP contribution in [0.15, 0.2) is 33.7 Å². The number of carboxylic acid groups (broad SMARTS) is 1. The monoisotopic (exact) mass is 550 g/mol. The van der Waals surface area contributed by atoms with E-state index >= 15 is 0 Å². The first-order valence-electron chi connectivity index (χ1n) is 12.8. The summed E-state index contributed by atoms with van der Waals surface area (Å²) in [7, 11) is 0. The van der Waals surface area contributed by atoms with Crippen molar-refractivity contribution in [1.82, 2.24) is 24.5 Å². The number of carbonyl (C=O) groups is 1. The third kappa shape index (κ3) is 3.59. The summed E-state index contributed by atoms with van der Waals surface area (Å²) in [6, 6.07) is 3.66. The van der Waals surface area contributed by atoms with E-state index in [1.807, 2.05) is 0 Å². The number of rotatable bonds is 7. The molecule has 4 fully saturated rings. The number of fused-ring (bicyclic) bond motifs is 1. The molecule has 2 N–H and O–H groups in total. The van der Waals surface area contributed by atoms with Crippen molar-refractivity contribution >= 4 is 28.9 Å². The van der Waals surface area contributed by atoms with Crippen LogP contribution in [-0.2, 0) is 10.8 Å². The molecule has 0 saturated heterocycles. The fourth-order valence-corrected chi connectivity index (χ4v) is 6.55. The van der Waals surface area contributed by atoms with Crippen molar-refractivity contribution in [1.29, 1.82) is 0 Å². The van der Waals surface area contributed by atoms with Crippen molar-refractivity contribution in [2.75, 3.05) is 5.32 Å². The van der Waals surface area contributed by atoms with Gasteiger partial charge in [0.1, 0.15) is 16.6 Å². The predicted molar refractivity (Wildman–Crippen MR) is 138 cm³/mol. The standard InChI is InChI=1S/C27H24ClFN6O4/c1-12-20(26-9-27(10-26,11-26)25-33-21(34-39-25)14-3-4-14)32-22-16(7-15(29)8-35(22)23(12)36)13(2)30-17-5-6-18(28)31-19(17)24(37)38/h5-8,13-14,30H,3-4,9-11H2,1-2H3,(H,37,38)/t13-,26?,27?/m1/s1. The molecular formula is C27H24ClFN6O4. The molecule has 1 atom stereocenters. The summed E-state index contributed by atoms with van der Waals surface area (Å²) in [6.07, 6.45) is 5.62. The minimum Gasteiger partial charge on any atom is -0.476 e. The SMILES string of the molecule is Cc1c(C23CC(c4nc(C5CC5)no4)(C2)C3)nc2c([C@@H](C)Nc3ccc(Cl)nc3C(=O)O)cc(F)cn2c1=O. The fourth-order valence-electron chi connectivity index (χ4n) is 6.40. The minimum absolute atomic E-state index is 0.0377. The number of carboxylic acids is 1. The summed E-state index contributed by atoms with van der Waals surface area (Å²) in [5.74, 6) is 0.0108. The molecule has 10 nitrogen and oxygen atoms in total. The van der Waals surface area contributed by atoms with Crippen molar-refractivity contribution in [3.63, 3.8) is 0 Å². The van der Waals surface area contributed by atoms with Gasteiger partial charge in [0, 0.05) is 28.7 Å². The molecule has 12 heteroatoms. The van der Waals surface area contributed by atoms with Crippen LogP contribution >= 0.6 is 11.6 Å². The second-order valence-corrected chi connectivity index (χ2v) is 11.6. The van der Waals surface area contributed by atoms with Gasteiger partial charge in [0.05, 0.1) is 22.8 Å². The van der Waals surface area contributed by atoms with E-state index in [0.717, 1.165) is 44.1 Å². The van der Waals surface area contributed by atoms with Gasteiger partial charge in [0.15, 0.2) is 11.5 Å². The Bertz CT molecular complexity index is 1740. The fraction of sp³-hybridized carbons (Fsp3) is 0.407. The number of pyridine rings is 2. The van der Waals surface area contributed by atoms with Crippen molar-refractivity contribution in [3.8, 4) is 0 Å². The maximum atomic E-state index is 14.7. The minimum atomic E-state index is -1.26. The van der Waals surface area contributed by atoms with Crippen molar-refractivity contribution in [3.05, 3.63) is 79.9 Å². The van der Waals surface area contributed by atoms with Gasteiger partial charge in [-0.05, 0) is 64.2 Å². The van der Waals surface area contributed by atoms with Gasteiger partial charge < -0.3 is 14.9 Å². The first kappa shape index (κ1) is 24.2. The number of anilines is 1. The molecule has 8 rings (SSSR count). The van der Waals surface area contributed by atoms with E-state index in [0.29, 0.717) is 34.3 Å². The van der Waals surface area contributed by atoms with Crippen molar-refractivity contribution < 1.29 is 18.8 Å². The van der Waals surface area contributed by atoms with E-state index in [1.54, 1.807) is 13.8 Å². The summed E-state index contributed by atoms with van der Waals surface area (Å²) in [5.41, 5.74) is 1.08. The lowest BCUT2D eigenvalue weighted by Crippen LogP contribution is -2.68. The third-order valence-electron chi connectivity index (χ3n) is 8.42. The van der Waals surface area contributed by atoms with Gasteiger partial charge in [0.25, 0.3) is 5.56 Å². The van der Waals surface area contributed by atoms with Crippen molar-refractivity contribution in [2.24, 2.45) is 0 Å². The molecular weight excluding hydrogens is 527 g/mol. The van der Waals surface area contributed by atoms with Crippen LogP contribution in [0.25, 0.3) is 5.65 Å². The van der Waals surface area contributed by atoms with E-state index in [1.165, 1.54) is 22.6 Å². The number of aromatic carboxylic acids is 1. The molecule has 4 aromatic rings. The van der Waals surface area contributed by atoms with Gasteiger partial charge >= 0.3 is 5.97 Å². The van der Waals surface area contributed by atoms with Crippen LogP contribution in [0.1, 0.15) is 90.0 Å². The van der Waals surface area contributed by atoms with Crippen LogP contribution in [0.2, 0.25) is 5.15 Å². The first-order valence-corrected chi connectivity index (χ1v) is 13.2. The maximum absolute atomic E-state index is 14.7. The highest BCUT2D eigenvalue weighted by atomic mass is 35.5.